The highest BCUT2D eigenvalue weighted by Crippen LogP contribution is 2.21. The summed E-state index contributed by atoms with van der Waals surface area (Å²) >= 11 is 0. The molecule has 0 amide bonds. The van der Waals surface area contributed by atoms with Gasteiger partial charge < -0.3 is 0 Å². The van der Waals surface area contributed by atoms with Crippen LogP contribution in [0.1, 0.15) is 46.4 Å². The van der Waals surface area contributed by atoms with Crippen LogP contribution in [-0.4, -0.2) is 15.0 Å². The van der Waals surface area contributed by atoms with E-state index in [1.807, 2.05) is 13.8 Å². The summed E-state index contributed by atoms with van der Waals surface area (Å²) in [5, 5.41) is 7.65. The van der Waals surface area contributed by atoms with E-state index >= 15 is 0 Å². The van der Waals surface area contributed by atoms with E-state index in [4.69, 9.17) is 0 Å². The molecule has 0 saturated carbocycles. The average Bonchev–Trinajstić information content (AvgIpc) is 2.29. The molecule has 0 aliphatic rings. The fourth-order valence-corrected chi connectivity index (χ4v) is 1.26. The zero-order chi connectivity index (χ0) is 10.9. The molecule has 1 aromatic rings. The Labute approximate surface area is 84.3 Å². The van der Waals surface area contributed by atoms with Gasteiger partial charge in [0.2, 0.25) is 5.95 Å². The van der Waals surface area contributed by atoms with Crippen LogP contribution < -0.4 is 0 Å². The molecular formula is C10H18FN3. The summed E-state index contributed by atoms with van der Waals surface area (Å²) in [7, 11) is 0. The first-order valence-corrected chi connectivity index (χ1v) is 4.91. The van der Waals surface area contributed by atoms with Crippen molar-refractivity contribution >= 4 is 0 Å². The fraction of sp³-hybridized carbons (Fsp3) is 0.800. The Morgan fingerprint density at radius 2 is 1.93 bits per heavy atom. The molecular weight excluding hydrogens is 181 g/mol. The standard InChI is InChI=1S/C10H18FN3/c1-7(2)14-9(11)8(12-13-14)6-10(3,4)5/h7H,6H2,1-5H3. The van der Waals surface area contributed by atoms with E-state index in [1.165, 1.54) is 4.68 Å². The van der Waals surface area contributed by atoms with Crippen LogP contribution in [0.3, 0.4) is 0 Å². The third-order valence-corrected chi connectivity index (χ3v) is 1.89. The molecule has 4 heteroatoms. The maximum absolute atomic E-state index is 13.7. The topological polar surface area (TPSA) is 30.7 Å². The predicted molar refractivity (Wildman–Crippen MR) is 53.5 cm³/mol. The van der Waals surface area contributed by atoms with Crippen molar-refractivity contribution in [2.75, 3.05) is 0 Å². The molecule has 1 aromatic heterocycles. The largest absolute Gasteiger partial charge is 0.235 e. The molecule has 1 heterocycles. The summed E-state index contributed by atoms with van der Waals surface area (Å²) < 4.78 is 15.0. The Morgan fingerprint density at radius 1 is 1.36 bits per heavy atom. The third-order valence-electron chi connectivity index (χ3n) is 1.89. The second kappa shape index (κ2) is 3.67. The van der Waals surface area contributed by atoms with Crippen LogP contribution >= 0.6 is 0 Å². The summed E-state index contributed by atoms with van der Waals surface area (Å²) in [4.78, 5) is 0. The molecule has 0 bridgehead atoms. The number of rotatable bonds is 2. The Morgan fingerprint density at radius 3 is 2.29 bits per heavy atom. The lowest BCUT2D eigenvalue weighted by Gasteiger charge is -2.15. The van der Waals surface area contributed by atoms with Gasteiger partial charge in [-0.2, -0.15) is 4.39 Å². The van der Waals surface area contributed by atoms with Gasteiger partial charge in [-0.3, -0.25) is 0 Å². The molecule has 3 nitrogen and oxygen atoms in total. The Kier molecular flexibility index (Phi) is 2.92. The number of halogens is 1. The van der Waals surface area contributed by atoms with Crippen LogP contribution in [0, 0.1) is 11.4 Å². The zero-order valence-electron chi connectivity index (χ0n) is 9.50. The minimum Gasteiger partial charge on any atom is -0.217 e. The first kappa shape index (κ1) is 11.1. The van der Waals surface area contributed by atoms with Gasteiger partial charge in [-0.05, 0) is 19.3 Å². The lowest BCUT2D eigenvalue weighted by molar-refractivity contribution is 0.379. The highest BCUT2D eigenvalue weighted by molar-refractivity contribution is 4.99. The van der Waals surface area contributed by atoms with Crippen molar-refractivity contribution in [3.05, 3.63) is 11.6 Å². The first-order valence-electron chi connectivity index (χ1n) is 4.91. The first-order chi connectivity index (χ1) is 6.31. The number of hydrogen-bond acceptors (Lipinski definition) is 2. The van der Waals surface area contributed by atoms with E-state index in [0.29, 0.717) is 12.1 Å². The number of aromatic nitrogens is 3. The summed E-state index contributed by atoms with van der Waals surface area (Å²) in [6, 6.07) is 0.0243. The van der Waals surface area contributed by atoms with Gasteiger partial charge in [0, 0.05) is 6.42 Å². The summed E-state index contributed by atoms with van der Waals surface area (Å²) in [6.07, 6.45) is 0.617. The molecule has 0 saturated heterocycles. The maximum Gasteiger partial charge on any atom is 0.235 e. The second-order valence-corrected chi connectivity index (χ2v) is 5.10. The molecule has 80 valence electrons. The van der Waals surface area contributed by atoms with Gasteiger partial charge in [0.05, 0.1) is 6.04 Å². The van der Waals surface area contributed by atoms with Crippen LogP contribution in [0.15, 0.2) is 0 Å². The molecule has 0 aliphatic heterocycles. The Hall–Kier alpha value is -0.930. The van der Waals surface area contributed by atoms with Crippen molar-refractivity contribution in [1.82, 2.24) is 15.0 Å². The highest BCUT2D eigenvalue weighted by atomic mass is 19.1. The minimum atomic E-state index is -0.296. The molecule has 1 rings (SSSR count). The Balaban J connectivity index is 2.91. The smallest absolute Gasteiger partial charge is 0.217 e. The number of nitrogens with zero attached hydrogens (tertiary/aromatic N) is 3. The van der Waals surface area contributed by atoms with E-state index in [9.17, 15) is 4.39 Å². The van der Waals surface area contributed by atoms with Crippen LogP contribution in [0.2, 0.25) is 0 Å². The summed E-state index contributed by atoms with van der Waals surface area (Å²) in [6.45, 7) is 9.94. The van der Waals surface area contributed by atoms with E-state index in [1.54, 1.807) is 0 Å². The molecule has 0 aromatic carbocycles. The van der Waals surface area contributed by atoms with E-state index in [-0.39, 0.29) is 17.4 Å². The van der Waals surface area contributed by atoms with Gasteiger partial charge in [-0.1, -0.05) is 26.0 Å². The van der Waals surface area contributed by atoms with Gasteiger partial charge in [-0.15, -0.1) is 5.10 Å². The maximum atomic E-state index is 13.7. The lowest BCUT2D eigenvalue weighted by Crippen LogP contribution is -2.12. The summed E-state index contributed by atoms with van der Waals surface area (Å²) in [5.41, 5.74) is 0.504. The van der Waals surface area contributed by atoms with Gasteiger partial charge in [0.15, 0.2) is 0 Å². The molecule has 0 radical (unpaired) electrons. The molecule has 0 aliphatic carbocycles. The Bertz CT molecular complexity index is 310. The molecule has 14 heavy (non-hydrogen) atoms. The van der Waals surface area contributed by atoms with E-state index in [2.05, 4.69) is 31.1 Å². The third kappa shape index (κ3) is 2.53. The quantitative estimate of drug-likeness (QED) is 0.733. The van der Waals surface area contributed by atoms with Gasteiger partial charge >= 0.3 is 0 Å². The van der Waals surface area contributed by atoms with Gasteiger partial charge in [0.25, 0.3) is 0 Å². The van der Waals surface area contributed by atoms with Gasteiger partial charge in [0.1, 0.15) is 5.69 Å². The molecule has 0 unspecified atom stereocenters. The molecule has 0 N–H and O–H groups in total. The molecule has 0 fully saturated rings. The van der Waals surface area contributed by atoms with Crippen molar-refractivity contribution in [3.63, 3.8) is 0 Å². The van der Waals surface area contributed by atoms with Gasteiger partial charge in [-0.25, -0.2) is 4.68 Å². The van der Waals surface area contributed by atoms with E-state index in [0.717, 1.165) is 0 Å². The normalized spacial score (nSPS) is 12.5. The van der Waals surface area contributed by atoms with Crippen molar-refractivity contribution < 1.29 is 4.39 Å². The predicted octanol–water partition coefficient (Wildman–Crippen LogP) is 2.59. The van der Waals surface area contributed by atoms with Crippen LogP contribution in [0.4, 0.5) is 4.39 Å². The van der Waals surface area contributed by atoms with Crippen molar-refractivity contribution in [2.24, 2.45) is 5.41 Å². The van der Waals surface area contributed by atoms with Crippen LogP contribution in [-0.2, 0) is 6.42 Å². The SMILES string of the molecule is CC(C)n1nnc(CC(C)(C)C)c1F. The van der Waals surface area contributed by atoms with Crippen molar-refractivity contribution in [2.45, 2.75) is 47.1 Å². The average molecular weight is 199 g/mol. The van der Waals surface area contributed by atoms with Crippen molar-refractivity contribution in [1.29, 1.82) is 0 Å². The fourth-order valence-electron chi connectivity index (χ4n) is 1.26. The monoisotopic (exact) mass is 199 g/mol. The van der Waals surface area contributed by atoms with Crippen LogP contribution in [0.25, 0.3) is 0 Å². The van der Waals surface area contributed by atoms with Crippen molar-refractivity contribution in [3.8, 4) is 0 Å². The molecule has 0 spiro atoms. The number of hydrogen-bond donors (Lipinski definition) is 0. The highest BCUT2D eigenvalue weighted by Gasteiger charge is 2.20. The zero-order valence-corrected chi connectivity index (χ0v) is 9.50. The molecule has 0 atom stereocenters. The minimum absolute atomic E-state index is 0.0243. The van der Waals surface area contributed by atoms with E-state index < -0.39 is 0 Å². The second-order valence-electron chi connectivity index (χ2n) is 5.10. The van der Waals surface area contributed by atoms with Crippen LogP contribution in [0.5, 0.6) is 0 Å². The summed E-state index contributed by atoms with van der Waals surface area (Å²) in [5.74, 6) is -0.296. The lowest BCUT2D eigenvalue weighted by atomic mass is 9.91.